The fourth-order valence-electron chi connectivity index (χ4n) is 4.44. The molecule has 1 N–H and O–H groups in total. The van der Waals surface area contributed by atoms with Crippen LogP contribution in [0, 0.1) is 31.1 Å². The number of rotatable bonds is 5. The molecular weight excluding hydrogens is 436 g/mol. The van der Waals surface area contributed by atoms with Crippen LogP contribution in [0.2, 0.25) is 0 Å². The third-order valence-corrected chi connectivity index (χ3v) is 6.13. The van der Waals surface area contributed by atoms with Crippen molar-refractivity contribution >= 4 is 23.2 Å². The number of para-hydroxylation sites is 2. The SMILES string of the molecule is C#CCC#CCc1c(C)c(C=C)c(/C=C\C)[nH]c2ccccc2n1-c1cccc(-c2ccccc2)c1. The predicted molar refractivity (Wildman–Crippen MR) is 155 cm³/mol. The van der Waals surface area contributed by atoms with Crippen LogP contribution in [0.1, 0.15) is 35.9 Å². The standard InChI is InChI=1S/C34H30N2/c1-5-8-9-13-23-33-26(4)30(7-3)31(17-6-2)35-32-22-14-15-24-34(32)36(33)29-21-16-20-28(25-29)27-18-11-10-12-19-27/h1,6-7,10-12,14-22,24-25,35H,3,8,23H2,2,4H3/b17-6-,31-30?,33-26?. The largest absolute Gasteiger partial charge is 0.353 e. The van der Waals surface area contributed by atoms with Crippen LogP contribution in [0.25, 0.3) is 40.0 Å². The fourth-order valence-corrected chi connectivity index (χ4v) is 4.44. The summed E-state index contributed by atoms with van der Waals surface area (Å²) in [5, 5.41) is 0. The number of nitrogens with one attached hydrogen (secondary N) is 1. The topological polar surface area (TPSA) is 20.7 Å². The van der Waals surface area contributed by atoms with Gasteiger partial charge in [0.2, 0.25) is 0 Å². The summed E-state index contributed by atoms with van der Waals surface area (Å²) in [4.78, 5) is 3.66. The molecule has 0 bridgehead atoms. The summed E-state index contributed by atoms with van der Waals surface area (Å²) in [6.07, 6.45) is 12.5. The quantitative estimate of drug-likeness (QED) is 0.286. The molecule has 0 fully saturated rings. The molecule has 0 aliphatic rings. The highest BCUT2D eigenvalue weighted by molar-refractivity contribution is 5.80. The van der Waals surface area contributed by atoms with Gasteiger partial charge in [-0.25, -0.2) is 0 Å². The molecule has 2 nitrogen and oxygen atoms in total. The van der Waals surface area contributed by atoms with Gasteiger partial charge in [-0.05, 0) is 60.9 Å². The molecule has 0 unspecified atom stereocenters. The first-order valence-electron chi connectivity index (χ1n) is 12.1. The maximum absolute atomic E-state index is 5.46. The van der Waals surface area contributed by atoms with Crippen LogP contribution in [0.5, 0.6) is 0 Å². The molecule has 4 rings (SSSR count). The Labute approximate surface area is 214 Å². The highest BCUT2D eigenvalue weighted by Gasteiger charge is 2.13. The van der Waals surface area contributed by atoms with Gasteiger partial charge in [-0.15, -0.1) is 6.42 Å². The summed E-state index contributed by atoms with van der Waals surface area (Å²) in [7, 11) is 0. The summed E-state index contributed by atoms with van der Waals surface area (Å²) in [5.41, 5.74) is 9.72. The van der Waals surface area contributed by atoms with Crippen LogP contribution in [0.15, 0.2) is 91.5 Å². The molecule has 36 heavy (non-hydrogen) atoms. The average Bonchev–Trinajstić information content (AvgIpc) is 2.91. The number of aromatic nitrogens is 2. The lowest BCUT2D eigenvalue weighted by atomic mass is 10.0. The second-order valence-electron chi connectivity index (χ2n) is 8.41. The molecule has 0 saturated heterocycles. The van der Waals surface area contributed by atoms with Gasteiger partial charge in [0.1, 0.15) is 0 Å². The number of fused-ring (bicyclic) bond motifs is 1. The molecule has 1 aromatic heterocycles. The molecule has 3 aromatic carbocycles. The highest BCUT2D eigenvalue weighted by Crippen LogP contribution is 2.28. The van der Waals surface area contributed by atoms with Crippen molar-refractivity contribution in [3.63, 3.8) is 0 Å². The van der Waals surface area contributed by atoms with Gasteiger partial charge in [-0.2, -0.15) is 0 Å². The molecule has 0 spiro atoms. The zero-order valence-electron chi connectivity index (χ0n) is 20.9. The number of nitrogens with zero attached hydrogens (tertiary/aromatic N) is 1. The van der Waals surface area contributed by atoms with Crippen molar-refractivity contribution in [1.82, 2.24) is 9.55 Å². The van der Waals surface area contributed by atoms with Crippen LogP contribution >= 0.6 is 0 Å². The smallest absolute Gasteiger partial charge is 0.0700 e. The monoisotopic (exact) mass is 466 g/mol. The first-order chi connectivity index (χ1) is 17.7. The van der Waals surface area contributed by atoms with Crippen LogP contribution in [0.4, 0.5) is 0 Å². The van der Waals surface area contributed by atoms with E-state index in [-0.39, 0.29) is 0 Å². The van der Waals surface area contributed by atoms with Gasteiger partial charge in [-0.1, -0.05) is 91.1 Å². The number of hydrogen-bond donors (Lipinski definition) is 1. The van der Waals surface area contributed by atoms with E-state index in [0.29, 0.717) is 12.8 Å². The van der Waals surface area contributed by atoms with Crippen LogP contribution < -0.4 is 0 Å². The van der Waals surface area contributed by atoms with Crippen molar-refractivity contribution in [2.24, 2.45) is 0 Å². The van der Waals surface area contributed by atoms with Crippen molar-refractivity contribution in [3.8, 4) is 41.0 Å². The molecule has 176 valence electrons. The molecule has 0 radical (unpaired) electrons. The summed E-state index contributed by atoms with van der Waals surface area (Å²) in [5.74, 6) is 9.06. The number of terminal acetylenes is 1. The third-order valence-electron chi connectivity index (χ3n) is 6.13. The summed E-state index contributed by atoms with van der Waals surface area (Å²) >= 11 is 0. The maximum atomic E-state index is 5.46. The lowest BCUT2D eigenvalue weighted by Crippen LogP contribution is -2.09. The van der Waals surface area contributed by atoms with E-state index in [0.717, 1.165) is 44.8 Å². The Hall–Kier alpha value is -4.66. The third kappa shape index (κ3) is 5.20. The lowest BCUT2D eigenvalue weighted by Gasteiger charge is -2.20. The first kappa shape index (κ1) is 24.5. The number of hydrogen-bond acceptors (Lipinski definition) is 0. The average molecular weight is 467 g/mol. The zero-order chi connectivity index (χ0) is 25.3. The number of benzene rings is 3. The van der Waals surface area contributed by atoms with Crippen LogP contribution in [-0.4, -0.2) is 9.55 Å². The molecule has 0 amide bonds. The fraction of sp³-hybridized carbons (Fsp3) is 0.118. The van der Waals surface area contributed by atoms with Crippen molar-refractivity contribution in [3.05, 3.63) is 114 Å². The molecule has 0 aliphatic heterocycles. The van der Waals surface area contributed by atoms with E-state index in [9.17, 15) is 0 Å². The number of aromatic amines is 1. The number of allylic oxidation sites excluding steroid dienone is 1. The Kier molecular flexibility index (Phi) is 7.92. The van der Waals surface area contributed by atoms with Gasteiger partial charge >= 0.3 is 0 Å². The normalized spacial score (nSPS) is 10.5. The summed E-state index contributed by atoms with van der Waals surface area (Å²) in [6.45, 7) is 8.31. The molecule has 0 saturated carbocycles. The van der Waals surface area contributed by atoms with E-state index in [4.69, 9.17) is 6.42 Å². The Morgan fingerprint density at radius 3 is 2.44 bits per heavy atom. The van der Waals surface area contributed by atoms with E-state index in [1.807, 2.05) is 25.1 Å². The predicted octanol–water partition coefficient (Wildman–Crippen LogP) is 8.30. The van der Waals surface area contributed by atoms with Gasteiger partial charge in [0.15, 0.2) is 0 Å². The van der Waals surface area contributed by atoms with Gasteiger partial charge in [0, 0.05) is 22.6 Å². The number of H-pyrrole nitrogens is 1. The Bertz CT molecular complexity index is 1570. The molecule has 1 heterocycles. The van der Waals surface area contributed by atoms with Gasteiger partial charge in [-0.3, -0.25) is 0 Å². The second-order valence-corrected chi connectivity index (χ2v) is 8.41. The minimum absolute atomic E-state index is 0.432. The van der Waals surface area contributed by atoms with Crippen LogP contribution in [0.3, 0.4) is 0 Å². The van der Waals surface area contributed by atoms with Crippen molar-refractivity contribution < 1.29 is 0 Å². The molecule has 2 heteroatoms. The molecule has 0 atom stereocenters. The van der Waals surface area contributed by atoms with Gasteiger partial charge in [0.05, 0.1) is 23.9 Å². The van der Waals surface area contributed by atoms with E-state index in [1.165, 1.54) is 5.56 Å². The van der Waals surface area contributed by atoms with Gasteiger partial charge in [0.25, 0.3) is 0 Å². The van der Waals surface area contributed by atoms with E-state index in [2.05, 4.69) is 120 Å². The molecular formula is C34H30N2. The van der Waals surface area contributed by atoms with Gasteiger partial charge < -0.3 is 9.55 Å². The van der Waals surface area contributed by atoms with E-state index in [1.54, 1.807) is 0 Å². The maximum Gasteiger partial charge on any atom is 0.0700 e. The molecule has 4 aromatic rings. The van der Waals surface area contributed by atoms with Crippen molar-refractivity contribution in [2.45, 2.75) is 26.7 Å². The summed E-state index contributed by atoms with van der Waals surface area (Å²) in [6, 6.07) is 27.5. The Balaban J connectivity index is 2.15. The van der Waals surface area contributed by atoms with Crippen molar-refractivity contribution in [2.75, 3.05) is 0 Å². The van der Waals surface area contributed by atoms with E-state index < -0.39 is 0 Å². The minimum Gasteiger partial charge on any atom is -0.353 e. The van der Waals surface area contributed by atoms with Crippen LogP contribution in [-0.2, 0) is 6.42 Å². The summed E-state index contributed by atoms with van der Waals surface area (Å²) < 4.78 is 2.31. The Morgan fingerprint density at radius 2 is 1.69 bits per heavy atom. The van der Waals surface area contributed by atoms with E-state index >= 15 is 0 Å². The second kappa shape index (κ2) is 11.7. The van der Waals surface area contributed by atoms with Crippen molar-refractivity contribution in [1.29, 1.82) is 0 Å². The lowest BCUT2D eigenvalue weighted by molar-refractivity contribution is 0.970. The highest BCUT2D eigenvalue weighted by atomic mass is 15.0. The zero-order valence-corrected chi connectivity index (χ0v) is 20.9. The minimum atomic E-state index is 0.432. The first-order valence-corrected chi connectivity index (χ1v) is 12.1. The molecule has 0 aliphatic carbocycles. The Morgan fingerprint density at radius 1 is 0.944 bits per heavy atom.